The summed E-state index contributed by atoms with van der Waals surface area (Å²) < 4.78 is 82.6. The summed E-state index contributed by atoms with van der Waals surface area (Å²) in [7, 11) is -4.06. The van der Waals surface area contributed by atoms with Crippen LogP contribution in [0.5, 0.6) is 0 Å². The molecule has 0 unspecified atom stereocenters. The average molecular weight is 1030 g/mol. The largest absolute Gasteiger partial charge is 0.446 e. The van der Waals surface area contributed by atoms with Crippen molar-refractivity contribution in [1.29, 1.82) is 0 Å². The number of nitrogens with zero attached hydrogens (tertiary/aromatic N) is 9. The standard InChI is InChI=1S/C21H24BrFN6O7S.C16H15BrFN5O3/c1-21(2,3)34-19(30)27-37(32,33)28-8-6-12(7-9-28)10-16-17(25-36-24-16)18-26-35-20(31)29(18)13-4-5-15(23)14(22)11-13;17-11-8-10(1-2-12(11)18)23-15(22-25-16(23)24)14-13(20-26-21-14)7-9-3-5-19-6-4-9/h4-5,11-12H,6-10H2,1-3H3,(H,27,30);1-2,8-9,19H,3-7H2. The van der Waals surface area contributed by atoms with Gasteiger partial charge in [-0.2, -0.15) is 12.7 Å². The Kier molecular flexibility index (Phi) is 13.8. The zero-order valence-corrected chi connectivity index (χ0v) is 37.7. The molecule has 8 rings (SSSR count). The van der Waals surface area contributed by atoms with Gasteiger partial charge in [-0.15, -0.1) is 0 Å². The Hall–Kier alpha value is -5.44. The van der Waals surface area contributed by atoms with Gasteiger partial charge in [0.1, 0.15) is 28.6 Å². The lowest BCUT2D eigenvalue weighted by Gasteiger charge is -2.31. The summed E-state index contributed by atoms with van der Waals surface area (Å²) in [6.45, 7) is 7.16. The molecule has 0 saturated carbocycles. The van der Waals surface area contributed by atoms with Crippen molar-refractivity contribution >= 4 is 48.2 Å². The molecule has 2 aromatic carbocycles. The number of hydrogen-bond acceptors (Lipinski definition) is 17. The van der Waals surface area contributed by atoms with Crippen molar-refractivity contribution in [3.63, 3.8) is 0 Å². The van der Waals surface area contributed by atoms with Crippen LogP contribution in [0.4, 0.5) is 13.6 Å². The second-order valence-corrected chi connectivity index (χ2v) is 19.0. The molecule has 0 bridgehead atoms. The fourth-order valence-corrected chi connectivity index (χ4v) is 8.78. The maximum atomic E-state index is 13.7. The highest BCUT2D eigenvalue weighted by atomic mass is 79.9. The molecule has 2 saturated heterocycles. The van der Waals surface area contributed by atoms with Crippen LogP contribution in [-0.4, -0.2) is 90.7 Å². The Morgan fingerprint density at radius 3 is 1.68 bits per heavy atom. The zero-order valence-electron chi connectivity index (χ0n) is 33.7. The minimum absolute atomic E-state index is 0.00525. The second kappa shape index (κ2) is 19.1. The minimum atomic E-state index is -4.06. The summed E-state index contributed by atoms with van der Waals surface area (Å²) in [5, 5.41) is 26.7. The number of piperidine rings is 2. The summed E-state index contributed by atoms with van der Waals surface area (Å²) in [5.74, 6) is -1.78. The van der Waals surface area contributed by atoms with E-state index in [1.54, 1.807) is 20.8 Å². The van der Waals surface area contributed by atoms with Crippen molar-refractivity contribution < 1.29 is 45.0 Å². The SMILES string of the molecule is CC(C)(C)OC(=O)NS(=O)(=O)N1CCC(Cc2nonc2-c2noc(=O)n2-c2ccc(F)c(Br)c2)CC1.O=c1onc(-c2nonc2CC2CCNCC2)n1-c1ccc(F)c(Br)c1. The lowest BCUT2D eigenvalue weighted by molar-refractivity contribution is 0.0566. The van der Waals surface area contributed by atoms with Crippen molar-refractivity contribution in [2.75, 3.05) is 26.2 Å². The number of hydrogen-bond donors (Lipinski definition) is 2. The van der Waals surface area contributed by atoms with Gasteiger partial charge in [-0.05, 0) is 163 Å². The number of halogens is 4. The normalized spacial score (nSPS) is 15.5. The van der Waals surface area contributed by atoms with Gasteiger partial charge in [-0.3, -0.25) is 9.05 Å². The van der Waals surface area contributed by atoms with Gasteiger partial charge >= 0.3 is 27.8 Å². The number of rotatable bonds is 10. The first-order valence-electron chi connectivity index (χ1n) is 19.4. The topological polar surface area (TPSA) is 262 Å². The van der Waals surface area contributed by atoms with E-state index in [0.29, 0.717) is 60.1 Å². The van der Waals surface area contributed by atoms with Crippen LogP contribution in [0, 0.1) is 23.5 Å². The molecule has 63 heavy (non-hydrogen) atoms. The number of carbonyl (C=O) groups excluding carboxylic acids is 1. The maximum Gasteiger partial charge on any atom is 0.446 e. The van der Waals surface area contributed by atoms with Crippen molar-refractivity contribution in [2.45, 2.75) is 64.9 Å². The molecule has 2 aliphatic rings. The first kappa shape index (κ1) is 45.6. The van der Waals surface area contributed by atoms with E-state index in [4.69, 9.17) is 23.0 Å². The lowest BCUT2D eigenvalue weighted by Crippen LogP contribution is -2.48. The molecule has 2 N–H and O–H groups in total. The lowest BCUT2D eigenvalue weighted by atomic mass is 9.92. The first-order valence-corrected chi connectivity index (χ1v) is 22.4. The van der Waals surface area contributed by atoms with Crippen molar-refractivity contribution in [1.82, 2.24) is 54.4 Å². The van der Waals surface area contributed by atoms with Crippen LogP contribution in [0.15, 0.2) is 73.2 Å². The molecule has 6 heterocycles. The van der Waals surface area contributed by atoms with E-state index >= 15 is 0 Å². The van der Waals surface area contributed by atoms with E-state index in [-0.39, 0.29) is 45.3 Å². The fourth-order valence-electron chi connectivity index (χ4n) is 6.98. The van der Waals surface area contributed by atoms with Gasteiger partial charge in [0.2, 0.25) is 11.6 Å². The van der Waals surface area contributed by atoms with Gasteiger partial charge in [-0.1, -0.05) is 20.6 Å². The van der Waals surface area contributed by atoms with Crippen molar-refractivity contribution in [3.05, 3.63) is 89.5 Å². The monoisotopic (exact) mass is 1030 g/mol. The highest BCUT2D eigenvalue weighted by molar-refractivity contribution is 9.10. The van der Waals surface area contributed by atoms with Crippen LogP contribution in [-0.2, 0) is 27.8 Å². The predicted octanol–water partition coefficient (Wildman–Crippen LogP) is 5.12. The molecule has 4 aromatic heterocycles. The van der Waals surface area contributed by atoms with E-state index in [2.05, 4.69) is 68.1 Å². The molecule has 2 fully saturated rings. The highest BCUT2D eigenvalue weighted by Crippen LogP contribution is 2.30. The maximum absolute atomic E-state index is 13.7. The van der Waals surface area contributed by atoms with Gasteiger partial charge in [0.25, 0.3) is 0 Å². The molecule has 0 aliphatic carbocycles. The van der Waals surface area contributed by atoms with Crippen LogP contribution < -0.4 is 21.6 Å². The van der Waals surface area contributed by atoms with Crippen LogP contribution in [0.2, 0.25) is 0 Å². The molecule has 336 valence electrons. The van der Waals surface area contributed by atoms with Gasteiger partial charge in [-0.25, -0.2) is 46.3 Å². The molecular formula is C37H39Br2F2N11O10S. The molecule has 0 spiro atoms. The number of nitrogens with one attached hydrogen (secondary N) is 2. The second-order valence-electron chi connectivity index (χ2n) is 15.6. The third-order valence-electron chi connectivity index (χ3n) is 10.0. The van der Waals surface area contributed by atoms with Gasteiger partial charge in [0.15, 0.2) is 11.4 Å². The molecule has 0 atom stereocenters. The number of aromatic nitrogens is 8. The van der Waals surface area contributed by atoms with Crippen molar-refractivity contribution in [2.24, 2.45) is 11.8 Å². The van der Waals surface area contributed by atoms with E-state index in [1.807, 2.05) is 4.72 Å². The molecule has 6 aromatic rings. The molecule has 2 aliphatic heterocycles. The Bertz CT molecular complexity index is 2800. The number of amides is 1. The number of carbonyl (C=O) groups is 1. The molecule has 26 heteroatoms. The molecule has 21 nitrogen and oxygen atoms in total. The van der Waals surface area contributed by atoms with E-state index in [9.17, 15) is 31.6 Å². The molecule has 1 amide bonds. The van der Waals surface area contributed by atoms with Crippen molar-refractivity contribution in [3.8, 4) is 34.4 Å². The van der Waals surface area contributed by atoms with E-state index in [0.717, 1.165) is 30.5 Å². The first-order chi connectivity index (χ1) is 30.0. The molecule has 0 radical (unpaired) electrons. The van der Waals surface area contributed by atoms with E-state index < -0.39 is 45.1 Å². The summed E-state index contributed by atoms with van der Waals surface area (Å²) in [5.41, 5.74) is 1.41. The summed E-state index contributed by atoms with van der Waals surface area (Å²) in [4.78, 5) is 36.4. The summed E-state index contributed by atoms with van der Waals surface area (Å²) >= 11 is 6.21. The van der Waals surface area contributed by atoms with Gasteiger partial charge < -0.3 is 10.1 Å². The fraction of sp³-hybridized carbons (Fsp3) is 0.432. The Balaban J connectivity index is 0.000000200. The number of ether oxygens (including phenoxy) is 1. The van der Waals surface area contributed by atoms with E-state index in [1.165, 1.54) is 45.3 Å². The third-order valence-corrected chi connectivity index (χ3v) is 12.7. The molecular weight excluding hydrogens is 988 g/mol. The van der Waals surface area contributed by atoms with Gasteiger partial charge in [0, 0.05) is 13.1 Å². The average Bonchev–Trinajstić information content (AvgIpc) is 4.04. The van der Waals surface area contributed by atoms with Crippen LogP contribution in [0.1, 0.15) is 57.8 Å². The third kappa shape index (κ3) is 10.9. The minimum Gasteiger partial charge on any atom is -0.443 e. The Morgan fingerprint density at radius 2 is 1.24 bits per heavy atom. The van der Waals surface area contributed by atoms with Crippen LogP contribution in [0.25, 0.3) is 34.4 Å². The van der Waals surface area contributed by atoms with Gasteiger partial charge in [0.05, 0.1) is 20.3 Å². The Labute approximate surface area is 372 Å². The summed E-state index contributed by atoms with van der Waals surface area (Å²) in [6, 6.07) is 8.15. The Morgan fingerprint density at radius 1 is 0.778 bits per heavy atom. The highest BCUT2D eigenvalue weighted by Gasteiger charge is 2.33. The predicted molar refractivity (Wildman–Crippen MR) is 222 cm³/mol. The summed E-state index contributed by atoms with van der Waals surface area (Å²) in [6.07, 6.45) is 3.00. The van der Waals surface area contributed by atoms with Crippen LogP contribution in [0.3, 0.4) is 0 Å². The quantitative estimate of drug-likeness (QED) is 0.180. The van der Waals surface area contributed by atoms with Crippen LogP contribution >= 0.6 is 31.9 Å². The smallest absolute Gasteiger partial charge is 0.443 e. The zero-order chi connectivity index (χ0) is 45.1. The number of benzene rings is 2.